The number of carbonyl (C=O) groups excluding carboxylic acids is 1. The van der Waals surface area contributed by atoms with E-state index in [4.69, 9.17) is 4.42 Å². The van der Waals surface area contributed by atoms with Crippen LogP contribution in [0, 0.1) is 6.92 Å². The van der Waals surface area contributed by atoms with Crippen molar-refractivity contribution in [2.45, 2.75) is 6.92 Å². The van der Waals surface area contributed by atoms with Crippen LogP contribution in [-0.2, 0) is 0 Å². The third-order valence-electron chi connectivity index (χ3n) is 2.69. The molecule has 0 aliphatic carbocycles. The van der Waals surface area contributed by atoms with E-state index in [2.05, 4.69) is 9.97 Å². The minimum absolute atomic E-state index is 0.0561. The number of hydrogen-bond acceptors (Lipinski definition) is 5. The summed E-state index contributed by atoms with van der Waals surface area (Å²) < 4.78 is 5.31. The molecule has 3 rings (SSSR count). The van der Waals surface area contributed by atoms with Gasteiger partial charge in [0.15, 0.2) is 5.76 Å². The minimum atomic E-state index is -0.0561. The molecule has 0 aromatic carbocycles. The number of carbonyl (C=O) groups is 1. The van der Waals surface area contributed by atoms with Gasteiger partial charge >= 0.3 is 0 Å². The fourth-order valence-electron chi connectivity index (χ4n) is 1.81. The van der Waals surface area contributed by atoms with Crippen molar-refractivity contribution in [2.75, 3.05) is 0 Å². The first kappa shape index (κ1) is 11.8. The highest BCUT2D eigenvalue weighted by molar-refractivity contribution is 7.12. The molecule has 0 spiro atoms. The van der Waals surface area contributed by atoms with Crippen molar-refractivity contribution in [2.24, 2.45) is 0 Å². The first-order valence-corrected chi connectivity index (χ1v) is 6.58. The van der Waals surface area contributed by atoms with Gasteiger partial charge in [-0.3, -0.25) is 9.78 Å². The van der Waals surface area contributed by atoms with Crippen LogP contribution in [0.15, 0.2) is 46.7 Å². The van der Waals surface area contributed by atoms with E-state index in [0.29, 0.717) is 21.9 Å². The van der Waals surface area contributed by atoms with Gasteiger partial charge in [-0.1, -0.05) is 0 Å². The first-order valence-electron chi connectivity index (χ1n) is 5.70. The number of nitrogens with zero attached hydrogens (tertiary/aromatic N) is 2. The van der Waals surface area contributed by atoms with Crippen molar-refractivity contribution >= 4 is 17.1 Å². The molecule has 3 aromatic rings. The molecule has 0 unspecified atom stereocenters. The van der Waals surface area contributed by atoms with Crippen LogP contribution < -0.4 is 0 Å². The Morgan fingerprint density at radius 1 is 1.32 bits per heavy atom. The summed E-state index contributed by atoms with van der Waals surface area (Å²) in [5.41, 5.74) is 3.67. The summed E-state index contributed by atoms with van der Waals surface area (Å²) in [7, 11) is 0. The molecule has 5 heteroatoms. The number of hydrogen-bond donors (Lipinski definition) is 0. The number of thiazole rings is 1. The normalized spacial score (nSPS) is 10.6. The van der Waals surface area contributed by atoms with Crippen LogP contribution in [0.1, 0.15) is 20.9 Å². The summed E-state index contributed by atoms with van der Waals surface area (Å²) in [6.45, 7) is 1.86. The lowest BCUT2D eigenvalue weighted by atomic mass is 10.1. The molecule has 4 nitrogen and oxygen atoms in total. The molecule has 0 fully saturated rings. The molecule has 0 aliphatic rings. The molecule has 94 valence electrons. The second kappa shape index (κ2) is 4.78. The summed E-state index contributed by atoms with van der Waals surface area (Å²) >= 11 is 1.32. The summed E-state index contributed by atoms with van der Waals surface area (Å²) in [6, 6.07) is 7.05. The zero-order chi connectivity index (χ0) is 13.2. The molecule has 0 aliphatic heterocycles. The third kappa shape index (κ3) is 2.20. The maximum Gasteiger partial charge on any atom is 0.205 e. The van der Waals surface area contributed by atoms with E-state index in [9.17, 15) is 4.79 Å². The Morgan fingerprint density at radius 3 is 2.95 bits per heavy atom. The van der Waals surface area contributed by atoms with E-state index in [1.165, 1.54) is 11.3 Å². The molecule has 0 amide bonds. The van der Waals surface area contributed by atoms with Gasteiger partial charge in [0.25, 0.3) is 0 Å². The van der Waals surface area contributed by atoms with Gasteiger partial charge in [0.05, 0.1) is 11.8 Å². The molecule has 0 saturated carbocycles. The molecule has 3 heterocycles. The topological polar surface area (TPSA) is 56.0 Å². The van der Waals surface area contributed by atoms with Gasteiger partial charge in [-0.05, 0) is 31.2 Å². The smallest absolute Gasteiger partial charge is 0.205 e. The number of aromatic nitrogens is 2. The van der Waals surface area contributed by atoms with Crippen LogP contribution in [0.25, 0.3) is 11.5 Å². The van der Waals surface area contributed by atoms with E-state index < -0.39 is 0 Å². The molecule has 0 bridgehead atoms. The molecular formula is C14H10N2O2S. The van der Waals surface area contributed by atoms with Crippen molar-refractivity contribution in [1.82, 2.24) is 9.97 Å². The molecule has 0 saturated heterocycles. The van der Waals surface area contributed by atoms with Crippen molar-refractivity contribution in [1.29, 1.82) is 0 Å². The van der Waals surface area contributed by atoms with Gasteiger partial charge in [0.2, 0.25) is 5.78 Å². The van der Waals surface area contributed by atoms with Crippen molar-refractivity contribution in [3.8, 4) is 11.5 Å². The number of furan rings is 1. The lowest BCUT2D eigenvalue weighted by Crippen LogP contribution is -2.01. The molecule has 3 aromatic heterocycles. The van der Waals surface area contributed by atoms with E-state index in [0.717, 1.165) is 5.69 Å². The Morgan fingerprint density at radius 2 is 2.21 bits per heavy atom. The summed E-state index contributed by atoms with van der Waals surface area (Å²) in [5, 5.41) is 0. The van der Waals surface area contributed by atoms with E-state index in [1.54, 1.807) is 42.2 Å². The van der Waals surface area contributed by atoms with Crippen LogP contribution in [-0.4, -0.2) is 15.8 Å². The molecule has 0 radical (unpaired) electrons. The standard InChI is InChI=1S/C14H10N2O2S/c1-9-7-10(4-5-15-9)13(17)14-12(16-8-19-14)11-3-2-6-18-11/h2-8H,1H3. The largest absolute Gasteiger partial charge is 0.463 e. The van der Waals surface area contributed by atoms with Crippen molar-refractivity contribution < 1.29 is 9.21 Å². The van der Waals surface area contributed by atoms with E-state index in [1.807, 2.05) is 6.92 Å². The SMILES string of the molecule is Cc1cc(C(=O)c2scnc2-c2ccco2)ccn1. The Hall–Kier alpha value is -2.27. The number of pyridine rings is 1. The highest BCUT2D eigenvalue weighted by atomic mass is 32.1. The zero-order valence-corrected chi connectivity index (χ0v) is 11.0. The highest BCUT2D eigenvalue weighted by Gasteiger charge is 2.19. The zero-order valence-electron chi connectivity index (χ0n) is 10.2. The molecular weight excluding hydrogens is 260 g/mol. The van der Waals surface area contributed by atoms with Gasteiger partial charge < -0.3 is 4.42 Å². The van der Waals surface area contributed by atoms with E-state index >= 15 is 0 Å². The lowest BCUT2D eigenvalue weighted by Gasteiger charge is -2.01. The average molecular weight is 270 g/mol. The van der Waals surface area contributed by atoms with E-state index in [-0.39, 0.29) is 5.78 Å². The summed E-state index contributed by atoms with van der Waals surface area (Å²) in [6.07, 6.45) is 3.20. The monoisotopic (exact) mass is 270 g/mol. The number of aryl methyl sites for hydroxylation is 1. The van der Waals surface area contributed by atoms with Gasteiger partial charge in [-0.25, -0.2) is 4.98 Å². The van der Waals surface area contributed by atoms with Gasteiger partial charge in [0.1, 0.15) is 10.6 Å². The second-order valence-electron chi connectivity index (χ2n) is 4.02. The maximum absolute atomic E-state index is 12.5. The third-order valence-corrected chi connectivity index (χ3v) is 3.51. The Kier molecular flexibility index (Phi) is 2.97. The fraction of sp³-hybridized carbons (Fsp3) is 0.0714. The van der Waals surface area contributed by atoms with Crippen LogP contribution >= 0.6 is 11.3 Å². The number of rotatable bonds is 3. The predicted octanol–water partition coefficient (Wildman–Crippen LogP) is 3.34. The second-order valence-corrected chi connectivity index (χ2v) is 4.88. The lowest BCUT2D eigenvalue weighted by molar-refractivity contribution is 0.104. The van der Waals surface area contributed by atoms with Crippen molar-refractivity contribution in [3.05, 3.63) is 58.4 Å². The Labute approximate surface area is 113 Å². The fourth-order valence-corrected chi connectivity index (χ4v) is 2.57. The highest BCUT2D eigenvalue weighted by Crippen LogP contribution is 2.27. The van der Waals surface area contributed by atoms with Crippen molar-refractivity contribution in [3.63, 3.8) is 0 Å². The van der Waals surface area contributed by atoms with Crippen LogP contribution in [0.5, 0.6) is 0 Å². The Balaban J connectivity index is 2.04. The first-order chi connectivity index (χ1) is 9.25. The summed E-state index contributed by atoms with van der Waals surface area (Å²) in [4.78, 5) is 21.4. The average Bonchev–Trinajstić information content (AvgIpc) is 3.08. The molecule has 19 heavy (non-hydrogen) atoms. The van der Waals surface area contributed by atoms with Crippen LogP contribution in [0.4, 0.5) is 0 Å². The summed E-state index contributed by atoms with van der Waals surface area (Å²) in [5.74, 6) is 0.551. The van der Waals surface area contributed by atoms with Gasteiger partial charge in [0, 0.05) is 17.5 Å². The van der Waals surface area contributed by atoms with Gasteiger partial charge in [-0.15, -0.1) is 11.3 Å². The Bertz CT molecular complexity index is 717. The minimum Gasteiger partial charge on any atom is -0.463 e. The van der Waals surface area contributed by atoms with Gasteiger partial charge in [-0.2, -0.15) is 0 Å². The number of ketones is 1. The van der Waals surface area contributed by atoms with Crippen LogP contribution in [0.3, 0.4) is 0 Å². The maximum atomic E-state index is 12.5. The van der Waals surface area contributed by atoms with Crippen LogP contribution in [0.2, 0.25) is 0 Å². The quantitative estimate of drug-likeness (QED) is 0.685. The molecule has 0 N–H and O–H groups in total. The predicted molar refractivity (Wildman–Crippen MR) is 72.2 cm³/mol. The molecule has 0 atom stereocenters.